The number of carbonyl (C=O) groups excluding carboxylic acids is 1. The van der Waals surface area contributed by atoms with Gasteiger partial charge in [0.15, 0.2) is 0 Å². The van der Waals surface area contributed by atoms with E-state index in [1.165, 1.54) is 0 Å². The lowest BCUT2D eigenvalue weighted by atomic mass is 9.99. The van der Waals surface area contributed by atoms with Gasteiger partial charge in [0, 0.05) is 11.6 Å². The van der Waals surface area contributed by atoms with Crippen LogP contribution in [0.25, 0.3) is 21.9 Å². The number of rotatable bonds is 6. The van der Waals surface area contributed by atoms with Crippen molar-refractivity contribution in [1.29, 1.82) is 0 Å². The van der Waals surface area contributed by atoms with Crippen LogP contribution in [0.1, 0.15) is 28.5 Å². The molecule has 1 amide bonds. The molecule has 5 nitrogen and oxygen atoms in total. The van der Waals surface area contributed by atoms with E-state index in [2.05, 4.69) is 10.3 Å². The largest absolute Gasteiger partial charge is 0.481 e. The number of nitrogens with zero attached hydrogens (tertiary/aromatic N) is 1. The number of fused-ring (bicyclic) bond motifs is 1. The average Bonchev–Trinajstić information content (AvgIpc) is 2.78. The number of carbonyl (C=O) groups is 2. The highest BCUT2D eigenvalue weighted by molar-refractivity contribution is 5.96. The number of benzene rings is 3. The second-order valence-electron chi connectivity index (χ2n) is 7.03. The molecular formula is C25H20N2O3. The zero-order chi connectivity index (χ0) is 20.9. The minimum absolute atomic E-state index is 0.218. The fraction of sp³-hybridized carbons (Fsp3) is 0.0800. The highest BCUT2D eigenvalue weighted by atomic mass is 16.4. The van der Waals surface area contributed by atoms with Gasteiger partial charge in [0.2, 0.25) is 0 Å². The van der Waals surface area contributed by atoms with Crippen LogP contribution in [0.15, 0.2) is 91.1 Å². The van der Waals surface area contributed by atoms with Crippen molar-refractivity contribution in [3.05, 3.63) is 102 Å². The molecule has 30 heavy (non-hydrogen) atoms. The Morgan fingerprint density at radius 2 is 1.47 bits per heavy atom. The van der Waals surface area contributed by atoms with Crippen LogP contribution >= 0.6 is 0 Å². The minimum atomic E-state index is -0.987. The minimum Gasteiger partial charge on any atom is -0.481 e. The highest BCUT2D eigenvalue weighted by Gasteiger charge is 2.20. The molecule has 2 N–H and O–H groups in total. The number of nitrogens with one attached hydrogen (secondary N) is 1. The molecule has 0 spiro atoms. The maximum Gasteiger partial charge on any atom is 0.305 e. The Morgan fingerprint density at radius 1 is 0.833 bits per heavy atom. The van der Waals surface area contributed by atoms with Gasteiger partial charge in [-0.25, -0.2) is 0 Å². The second kappa shape index (κ2) is 8.57. The lowest BCUT2D eigenvalue weighted by molar-refractivity contribution is -0.137. The SMILES string of the molecule is O=C(O)CC(NC(=O)c1cc2ccccc2cn1)c1ccc(-c2ccccc2)cc1. The van der Waals surface area contributed by atoms with E-state index in [9.17, 15) is 14.7 Å². The van der Waals surface area contributed by atoms with Crippen LogP contribution in [-0.2, 0) is 4.79 Å². The standard InChI is InChI=1S/C25H20N2O3/c28-24(29)15-22(19-12-10-18(11-13-19)17-6-2-1-3-7-17)27-25(30)23-14-20-8-4-5-9-21(20)16-26-23/h1-14,16,22H,15H2,(H,27,30)(H,28,29). The Balaban J connectivity index is 1.57. The summed E-state index contributed by atoms with van der Waals surface area (Å²) >= 11 is 0. The van der Waals surface area contributed by atoms with Gasteiger partial charge in [0.1, 0.15) is 5.69 Å². The number of hydrogen-bond donors (Lipinski definition) is 2. The maximum atomic E-state index is 12.8. The zero-order valence-corrected chi connectivity index (χ0v) is 16.2. The Labute approximate surface area is 174 Å². The van der Waals surface area contributed by atoms with E-state index in [4.69, 9.17) is 0 Å². The monoisotopic (exact) mass is 396 g/mol. The molecule has 4 rings (SSSR count). The highest BCUT2D eigenvalue weighted by Crippen LogP contribution is 2.24. The summed E-state index contributed by atoms with van der Waals surface area (Å²) in [5, 5.41) is 14.0. The van der Waals surface area contributed by atoms with Crippen molar-refractivity contribution in [1.82, 2.24) is 10.3 Å². The van der Waals surface area contributed by atoms with Crippen molar-refractivity contribution in [3.8, 4) is 11.1 Å². The smallest absolute Gasteiger partial charge is 0.305 e. The summed E-state index contributed by atoms with van der Waals surface area (Å²) in [6.07, 6.45) is 1.43. The van der Waals surface area contributed by atoms with Gasteiger partial charge in [0.05, 0.1) is 12.5 Å². The molecule has 0 bridgehead atoms. The third kappa shape index (κ3) is 4.36. The van der Waals surface area contributed by atoms with Gasteiger partial charge < -0.3 is 10.4 Å². The molecule has 0 aliphatic rings. The van der Waals surface area contributed by atoms with Crippen LogP contribution in [0.3, 0.4) is 0 Å². The molecule has 3 aromatic carbocycles. The van der Waals surface area contributed by atoms with Crippen LogP contribution in [0.5, 0.6) is 0 Å². The summed E-state index contributed by atoms with van der Waals surface area (Å²) in [5.74, 6) is -1.39. The van der Waals surface area contributed by atoms with Gasteiger partial charge in [-0.1, -0.05) is 78.9 Å². The van der Waals surface area contributed by atoms with Crippen molar-refractivity contribution >= 4 is 22.6 Å². The van der Waals surface area contributed by atoms with E-state index >= 15 is 0 Å². The number of carboxylic acid groups (broad SMARTS) is 1. The molecule has 4 aromatic rings. The van der Waals surface area contributed by atoms with Gasteiger partial charge in [-0.2, -0.15) is 0 Å². The first-order valence-electron chi connectivity index (χ1n) is 9.63. The van der Waals surface area contributed by atoms with Crippen molar-refractivity contribution in [2.75, 3.05) is 0 Å². The Kier molecular flexibility index (Phi) is 5.52. The van der Waals surface area contributed by atoms with Crippen LogP contribution in [0.2, 0.25) is 0 Å². The van der Waals surface area contributed by atoms with E-state index in [1.54, 1.807) is 12.3 Å². The van der Waals surface area contributed by atoms with E-state index in [1.807, 2.05) is 78.9 Å². The fourth-order valence-corrected chi connectivity index (χ4v) is 3.41. The molecule has 0 saturated heterocycles. The molecule has 5 heteroatoms. The van der Waals surface area contributed by atoms with E-state index < -0.39 is 17.9 Å². The van der Waals surface area contributed by atoms with Crippen molar-refractivity contribution in [3.63, 3.8) is 0 Å². The van der Waals surface area contributed by atoms with Crippen LogP contribution < -0.4 is 5.32 Å². The number of aliphatic carboxylic acids is 1. The van der Waals surface area contributed by atoms with Gasteiger partial charge >= 0.3 is 5.97 Å². The molecule has 1 atom stereocenters. The first kappa shape index (κ1) is 19.3. The third-order valence-corrected chi connectivity index (χ3v) is 4.97. The maximum absolute atomic E-state index is 12.8. The number of pyridine rings is 1. The lowest BCUT2D eigenvalue weighted by Gasteiger charge is -2.18. The molecule has 1 aromatic heterocycles. The summed E-state index contributed by atoms with van der Waals surface area (Å²) in [5.41, 5.74) is 3.08. The number of amides is 1. The number of carboxylic acids is 1. The summed E-state index contributed by atoms with van der Waals surface area (Å²) in [6, 6.07) is 26.2. The predicted molar refractivity (Wildman–Crippen MR) is 116 cm³/mol. The van der Waals surface area contributed by atoms with Gasteiger partial charge in [0.25, 0.3) is 5.91 Å². The molecule has 148 valence electrons. The second-order valence-corrected chi connectivity index (χ2v) is 7.03. The first-order chi connectivity index (χ1) is 14.6. The normalized spacial score (nSPS) is 11.7. The van der Waals surface area contributed by atoms with Crippen LogP contribution in [0.4, 0.5) is 0 Å². The average molecular weight is 396 g/mol. The Morgan fingerprint density at radius 3 is 2.17 bits per heavy atom. The molecule has 0 radical (unpaired) electrons. The Hall–Kier alpha value is -3.99. The number of aromatic nitrogens is 1. The molecule has 0 saturated carbocycles. The molecule has 0 aliphatic heterocycles. The quantitative estimate of drug-likeness (QED) is 0.488. The molecule has 0 fully saturated rings. The van der Waals surface area contributed by atoms with Gasteiger partial charge in [-0.05, 0) is 28.1 Å². The van der Waals surface area contributed by atoms with Crippen LogP contribution in [0, 0.1) is 0 Å². The molecule has 0 aliphatic carbocycles. The predicted octanol–water partition coefficient (Wildman–Crippen LogP) is 4.85. The molecular weight excluding hydrogens is 376 g/mol. The summed E-state index contributed by atoms with van der Waals surface area (Å²) < 4.78 is 0. The zero-order valence-electron chi connectivity index (χ0n) is 16.2. The summed E-state index contributed by atoms with van der Waals surface area (Å²) in [6.45, 7) is 0. The lowest BCUT2D eigenvalue weighted by Crippen LogP contribution is -2.30. The third-order valence-electron chi connectivity index (χ3n) is 4.97. The molecule has 1 heterocycles. The van der Waals surface area contributed by atoms with E-state index in [-0.39, 0.29) is 12.1 Å². The summed E-state index contributed by atoms with van der Waals surface area (Å²) in [4.78, 5) is 28.4. The van der Waals surface area contributed by atoms with Crippen molar-refractivity contribution < 1.29 is 14.7 Å². The first-order valence-corrected chi connectivity index (χ1v) is 9.63. The fourth-order valence-electron chi connectivity index (χ4n) is 3.41. The topological polar surface area (TPSA) is 79.3 Å². The van der Waals surface area contributed by atoms with Crippen molar-refractivity contribution in [2.45, 2.75) is 12.5 Å². The Bertz CT molecular complexity index is 1190. The van der Waals surface area contributed by atoms with Crippen LogP contribution in [-0.4, -0.2) is 22.0 Å². The van der Waals surface area contributed by atoms with Gasteiger partial charge in [-0.3, -0.25) is 14.6 Å². The van der Waals surface area contributed by atoms with E-state index in [0.717, 1.165) is 27.5 Å². The van der Waals surface area contributed by atoms with Gasteiger partial charge in [-0.15, -0.1) is 0 Å². The number of hydrogen-bond acceptors (Lipinski definition) is 3. The molecule has 1 unspecified atom stereocenters. The van der Waals surface area contributed by atoms with E-state index in [0.29, 0.717) is 0 Å². The summed E-state index contributed by atoms with van der Waals surface area (Å²) in [7, 11) is 0. The van der Waals surface area contributed by atoms with Crippen molar-refractivity contribution in [2.24, 2.45) is 0 Å².